The molecule has 3 rings (SSSR count). The van der Waals surface area contributed by atoms with E-state index in [2.05, 4.69) is 22.1 Å². The number of thioether (sulfide) groups is 1. The van der Waals surface area contributed by atoms with Crippen molar-refractivity contribution in [2.45, 2.75) is 43.5 Å². The van der Waals surface area contributed by atoms with Crippen LogP contribution in [0.4, 0.5) is 0 Å². The van der Waals surface area contributed by atoms with E-state index in [1.165, 1.54) is 19.4 Å². The summed E-state index contributed by atoms with van der Waals surface area (Å²) in [5.74, 6) is 1.72. The van der Waals surface area contributed by atoms with Crippen molar-refractivity contribution in [1.29, 1.82) is 0 Å². The zero-order valence-corrected chi connectivity index (χ0v) is 13.4. The molecule has 0 saturated carbocycles. The summed E-state index contributed by atoms with van der Waals surface area (Å²) in [7, 11) is 2.18. The van der Waals surface area contributed by atoms with Crippen LogP contribution in [-0.2, 0) is 11.3 Å². The van der Waals surface area contributed by atoms with E-state index in [0.717, 1.165) is 36.9 Å². The molecule has 0 aliphatic carbocycles. The molecule has 1 N–H and O–H groups in total. The number of H-pyrrole nitrogens is 1. The van der Waals surface area contributed by atoms with Crippen molar-refractivity contribution in [3.05, 3.63) is 10.5 Å². The van der Waals surface area contributed by atoms with Gasteiger partial charge < -0.3 is 9.64 Å². The van der Waals surface area contributed by atoms with E-state index in [-0.39, 0.29) is 11.8 Å². The molecule has 3 heterocycles. The molecule has 21 heavy (non-hydrogen) atoms. The van der Waals surface area contributed by atoms with Crippen molar-refractivity contribution in [2.75, 3.05) is 32.5 Å². The zero-order chi connectivity index (χ0) is 14.7. The highest BCUT2D eigenvalue weighted by molar-refractivity contribution is 7.99. The fourth-order valence-electron chi connectivity index (χ4n) is 3.17. The van der Waals surface area contributed by atoms with Gasteiger partial charge in [-0.3, -0.25) is 4.57 Å². The van der Waals surface area contributed by atoms with Gasteiger partial charge in [-0.1, -0.05) is 11.8 Å². The molecule has 2 aliphatic heterocycles. The number of hydrogen-bond donors (Lipinski definition) is 1. The monoisotopic (exact) mass is 312 g/mol. The maximum atomic E-state index is 11.9. The van der Waals surface area contributed by atoms with Gasteiger partial charge in [0.15, 0.2) is 5.16 Å². The summed E-state index contributed by atoms with van der Waals surface area (Å²) in [5, 5.41) is 7.57. The lowest BCUT2D eigenvalue weighted by Crippen LogP contribution is -2.33. The van der Waals surface area contributed by atoms with Crippen molar-refractivity contribution in [2.24, 2.45) is 5.92 Å². The maximum absolute atomic E-state index is 11.9. The number of ether oxygens (including phenoxy) is 1. The summed E-state index contributed by atoms with van der Waals surface area (Å²) < 4.78 is 7.37. The highest BCUT2D eigenvalue weighted by atomic mass is 32.2. The van der Waals surface area contributed by atoms with Crippen LogP contribution in [0.5, 0.6) is 0 Å². The molecule has 2 atom stereocenters. The van der Waals surface area contributed by atoms with Crippen molar-refractivity contribution in [1.82, 2.24) is 19.7 Å². The van der Waals surface area contributed by atoms with E-state index in [1.807, 2.05) is 0 Å². The Hall–Kier alpha value is -0.790. The largest absolute Gasteiger partial charge is 0.376 e. The summed E-state index contributed by atoms with van der Waals surface area (Å²) in [4.78, 5) is 14.3. The van der Waals surface area contributed by atoms with E-state index in [0.29, 0.717) is 12.5 Å². The van der Waals surface area contributed by atoms with Crippen LogP contribution in [0.2, 0.25) is 0 Å². The molecule has 1 aromatic heterocycles. The average molecular weight is 312 g/mol. The number of hydrogen-bond acceptors (Lipinski definition) is 5. The van der Waals surface area contributed by atoms with E-state index in [9.17, 15) is 4.79 Å². The normalized spacial score (nSPS) is 27.3. The first-order valence-electron chi connectivity index (χ1n) is 7.80. The molecule has 0 amide bonds. The molecule has 2 saturated heterocycles. The van der Waals surface area contributed by atoms with Gasteiger partial charge in [-0.05, 0) is 45.2 Å². The lowest BCUT2D eigenvalue weighted by molar-refractivity contribution is 0.0941. The minimum absolute atomic E-state index is 0.117. The number of likely N-dealkylation sites (tertiary alicyclic amines) is 1. The van der Waals surface area contributed by atoms with Gasteiger partial charge in [-0.25, -0.2) is 9.89 Å². The van der Waals surface area contributed by atoms with E-state index in [1.54, 1.807) is 16.3 Å². The summed E-state index contributed by atoms with van der Waals surface area (Å²) in [6, 6.07) is 0. The zero-order valence-electron chi connectivity index (χ0n) is 12.6. The summed E-state index contributed by atoms with van der Waals surface area (Å²) >= 11 is 1.70. The van der Waals surface area contributed by atoms with Crippen molar-refractivity contribution in [3.63, 3.8) is 0 Å². The van der Waals surface area contributed by atoms with Crippen molar-refractivity contribution in [3.8, 4) is 0 Å². The molecule has 118 valence electrons. The quantitative estimate of drug-likeness (QED) is 0.827. The highest BCUT2D eigenvalue weighted by Crippen LogP contribution is 2.24. The van der Waals surface area contributed by atoms with E-state index >= 15 is 0 Å². The van der Waals surface area contributed by atoms with Crippen LogP contribution in [-0.4, -0.2) is 58.3 Å². The Morgan fingerprint density at radius 3 is 3.10 bits per heavy atom. The molecule has 0 radical (unpaired) electrons. The van der Waals surface area contributed by atoms with Crippen molar-refractivity contribution < 1.29 is 4.74 Å². The Morgan fingerprint density at radius 1 is 1.43 bits per heavy atom. The first-order chi connectivity index (χ1) is 10.2. The Kier molecular flexibility index (Phi) is 5.03. The predicted molar refractivity (Wildman–Crippen MR) is 82.8 cm³/mol. The minimum atomic E-state index is -0.117. The van der Waals surface area contributed by atoms with Gasteiger partial charge in [0, 0.05) is 18.9 Å². The topological polar surface area (TPSA) is 63.2 Å². The molecule has 1 aromatic rings. The summed E-state index contributed by atoms with van der Waals surface area (Å²) in [6.45, 7) is 3.79. The SMILES string of the molecule is CN1CCC[C@H](CSc2n[nH]c(=O)n2C[C@@H]2CCCO2)C1. The third-order valence-corrected chi connectivity index (χ3v) is 5.51. The second-order valence-electron chi connectivity index (χ2n) is 6.14. The number of nitrogens with zero attached hydrogens (tertiary/aromatic N) is 3. The molecule has 2 aliphatic rings. The van der Waals surface area contributed by atoms with Crippen LogP contribution >= 0.6 is 11.8 Å². The van der Waals surface area contributed by atoms with Crippen LogP contribution in [0.1, 0.15) is 25.7 Å². The first kappa shape index (κ1) is 15.1. The van der Waals surface area contributed by atoms with Gasteiger partial charge in [0.1, 0.15) is 0 Å². The lowest BCUT2D eigenvalue weighted by Gasteiger charge is -2.29. The van der Waals surface area contributed by atoms with Crippen molar-refractivity contribution >= 4 is 11.8 Å². The standard InChI is InChI=1S/C14H24N4O2S/c1-17-6-2-4-11(8-17)10-21-14-16-15-13(19)18(14)9-12-5-3-7-20-12/h11-12H,2-10H2,1H3,(H,15,19)/t11-,12-/m0/s1. The molecular formula is C14H24N4O2S. The van der Waals surface area contributed by atoms with E-state index in [4.69, 9.17) is 4.74 Å². The van der Waals surface area contributed by atoms with Crippen LogP contribution < -0.4 is 5.69 Å². The average Bonchev–Trinajstić information content (AvgIpc) is 3.09. The van der Waals surface area contributed by atoms with E-state index < -0.39 is 0 Å². The molecule has 6 nitrogen and oxygen atoms in total. The molecule has 2 fully saturated rings. The number of rotatable bonds is 5. The maximum Gasteiger partial charge on any atom is 0.344 e. The second kappa shape index (κ2) is 6.98. The molecule has 0 bridgehead atoms. The molecule has 7 heteroatoms. The van der Waals surface area contributed by atoms with Crippen LogP contribution in [0.25, 0.3) is 0 Å². The third kappa shape index (κ3) is 3.90. The summed E-state index contributed by atoms with van der Waals surface area (Å²) in [6.07, 6.45) is 4.84. The Bertz CT molecular complexity index is 509. The fourth-order valence-corrected chi connectivity index (χ4v) is 4.25. The van der Waals surface area contributed by atoms with Gasteiger partial charge in [-0.2, -0.15) is 0 Å². The number of piperidine rings is 1. The van der Waals surface area contributed by atoms with Gasteiger partial charge >= 0.3 is 5.69 Å². The van der Waals surface area contributed by atoms with Crippen LogP contribution in [0, 0.1) is 5.92 Å². The highest BCUT2D eigenvalue weighted by Gasteiger charge is 2.22. The Labute approximate surface area is 129 Å². The summed E-state index contributed by atoms with van der Waals surface area (Å²) in [5.41, 5.74) is -0.117. The molecular weight excluding hydrogens is 288 g/mol. The van der Waals surface area contributed by atoms with Crippen LogP contribution in [0.3, 0.4) is 0 Å². The Morgan fingerprint density at radius 2 is 2.33 bits per heavy atom. The second-order valence-corrected chi connectivity index (χ2v) is 7.13. The van der Waals surface area contributed by atoms with Crippen LogP contribution in [0.15, 0.2) is 9.95 Å². The Balaban J connectivity index is 1.58. The van der Waals surface area contributed by atoms with Gasteiger partial charge in [0.05, 0.1) is 12.6 Å². The fraction of sp³-hybridized carbons (Fsp3) is 0.857. The number of aromatic amines is 1. The molecule has 0 spiro atoms. The van der Waals surface area contributed by atoms with Gasteiger partial charge in [0.25, 0.3) is 0 Å². The predicted octanol–water partition coefficient (Wildman–Crippen LogP) is 1.18. The first-order valence-corrected chi connectivity index (χ1v) is 8.79. The number of nitrogens with one attached hydrogen (secondary N) is 1. The minimum Gasteiger partial charge on any atom is -0.376 e. The number of aromatic nitrogens is 3. The van der Waals surface area contributed by atoms with Gasteiger partial charge in [0.2, 0.25) is 0 Å². The lowest BCUT2D eigenvalue weighted by atomic mass is 10.0. The third-order valence-electron chi connectivity index (χ3n) is 4.30. The molecule has 0 unspecified atom stereocenters. The van der Waals surface area contributed by atoms with Gasteiger partial charge in [-0.15, -0.1) is 5.10 Å². The smallest absolute Gasteiger partial charge is 0.344 e. The molecule has 0 aromatic carbocycles.